The first-order valence-corrected chi connectivity index (χ1v) is 8.35. The van der Waals surface area contributed by atoms with Crippen LogP contribution in [0.25, 0.3) is 0 Å². The molecule has 0 saturated carbocycles. The van der Waals surface area contributed by atoms with Crippen LogP contribution in [0.15, 0.2) is 53.3 Å². The van der Waals surface area contributed by atoms with Crippen LogP contribution in [0.3, 0.4) is 0 Å². The topological polar surface area (TPSA) is 93.0 Å². The molecule has 0 radical (unpaired) electrons. The molecule has 1 heterocycles. The highest BCUT2D eigenvalue weighted by Crippen LogP contribution is 2.34. The number of anilines is 4. The molecule has 10 heteroatoms. The average Bonchev–Trinajstić information content (AvgIpc) is 2.57. The van der Waals surface area contributed by atoms with Crippen LogP contribution in [0.5, 0.6) is 0 Å². The third kappa shape index (κ3) is 4.06. The SMILES string of the molecule is O=[N+]([O-])c1c(Nc2cccc(Cl)c2)ncnc1Nc1ccc(Br)cc1F. The first kappa shape index (κ1) is 18.0. The minimum atomic E-state index is -0.647. The fraction of sp³-hybridized carbons (Fsp3) is 0. The molecule has 0 atom stereocenters. The fourth-order valence-electron chi connectivity index (χ4n) is 2.16. The average molecular weight is 439 g/mol. The minimum absolute atomic E-state index is 0.0451. The number of aromatic nitrogens is 2. The van der Waals surface area contributed by atoms with E-state index in [0.29, 0.717) is 15.2 Å². The van der Waals surface area contributed by atoms with Crippen LogP contribution in [0.2, 0.25) is 5.02 Å². The number of benzene rings is 2. The van der Waals surface area contributed by atoms with Gasteiger partial charge in [0.2, 0.25) is 11.6 Å². The Morgan fingerprint density at radius 1 is 1.12 bits per heavy atom. The molecule has 2 N–H and O–H groups in total. The van der Waals surface area contributed by atoms with E-state index >= 15 is 0 Å². The third-order valence-electron chi connectivity index (χ3n) is 3.28. The number of hydrogen-bond acceptors (Lipinski definition) is 6. The summed E-state index contributed by atoms with van der Waals surface area (Å²) >= 11 is 9.07. The van der Waals surface area contributed by atoms with E-state index in [9.17, 15) is 14.5 Å². The van der Waals surface area contributed by atoms with Gasteiger partial charge < -0.3 is 10.6 Å². The van der Waals surface area contributed by atoms with E-state index in [-0.39, 0.29) is 17.3 Å². The number of hydrogen-bond donors (Lipinski definition) is 2. The Bertz CT molecular complexity index is 989. The monoisotopic (exact) mass is 437 g/mol. The highest BCUT2D eigenvalue weighted by Gasteiger charge is 2.24. The van der Waals surface area contributed by atoms with Gasteiger partial charge in [-0.3, -0.25) is 10.1 Å². The fourth-order valence-corrected chi connectivity index (χ4v) is 2.68. The highest BCUT2D eigenvalue weighted by molar-refractivity contribution is 9.10. The zero-order chi connectivity index (χ0) is 18.7. The van der Waals surface area contributed by atoms with Crippen LogP contribution in [-0.2, 0) is 0 Å². The van der Waals surface area contributed by atoms with Crippen molar-refractivity contribution >= 4 is 56.2 Å². The van der Waals surface area contributed by atoms with Crippen LogP contribution < -0.4 is 10.6 Å². The van der Waals surface area contributed by atoms with Crippen LogP contribution in [-0.4, -0.2) is 14.9 Å². The number of nitro groups is 1. The predicted octanol–water partition coefficient (Wildman–Crippen LogP) is 5.43. The Morgan fingerprint density at radius 3 is 2.50 bits per heavy atom. The van der Waals surface area contributed by atoms with Crippen molar-refractivity contribution in [1.82, 2.24) is 9.97 Å². The van der Waals surface area contributed by atoms with E-state index in [4.69, 9.17) is 11.6 Å². The van der Waals surface area contributed by atoms with Crippen molar-refractivity contribution in [2.24, 2.45) is 0 Å². The van der Waals surface area contributed by atoms with Gasteiger partial charge >= 0.3 is 5.69 Å². The number of nitrogens with zero attached hydrogens (tertiary/aromatic N) is 3. The van der Waals surface area contributed by atoms with Gasteiger partial charge in [0.1, 0.15) is 12.1 Å². The lowest BCUT2D eigenvalue weighted by Crippen LogP contribution is -2.06. The quantitative estimate of drug-likeness (QED) is 0.408. The molecule has 0 fully saturated rings. The number of nitrogens with one attached hydrogen (secondary N) is 2. The maximum absolute atomic E-state index is 14.0. The molecule has 0 aliphatic carbocycles. The van der Waals surface area contributed by atoms with E-state index < -0.39 is 16.4 Å². The van der Waals surface area contributed by atoms with Crippen molar-refractivity contribution in [3.8, 4) is 0 Å². The van der Waals surface area contributed by atoms with E-state index in [1.807, 2.05) is 0 Å². The van der Waals surface area contributed by atoms with Crippen molar-refractivity contribution in [1.29, 1.82) is 0 Å². The summed E-state index contributed by atoms with van der Waals surface area (Å²) in [6, 6.07) is 10.9. The summed E-state index contributed by atoms with van der Waals surface area (Å²) in [5.74, 6) is -0.778. The highest BCUT2D eigenvalue weighted by atomic mass is 79.9. The smallest absolute Gasteiger partial charge is 0.334 e. The molecular formula is C16H10BrClFN5O2. The Kier molecular flexibility index (Phi) is 5.29. The van der Waals surface area contributed by atoms with Crippen LogP contribution in [0, 0.1) is 15.9 Å². The molecule has 0 aliphatic heterocycles. The molecule has 0 spiro atoms. The van der Waals surface area contributed by atoms with Crippen LogP contribution in [0.4, 0.5) is 33.1 Å². The molecular weight excluding hydrogens is 429 g/mol. The second-order valence-electron chi connectivity index (χ2n) is 5.06. The Labute approximate surface area is 160 Å². The summed E-state index contributed by atoms with van der Waals surface area (Å²) < 4.78 is 14.6. The second-order valence-corrected chi connectivity index (χ2v) is 6.41. The van der Waals surface area contributed by atoms with Gasteiger partial charge in [0, 0.05) is 15.2 Å². The van der Waals surface area contributed by atoms with Gasteiger partial charge in [-0.15, -0.1) is 0 Å². The molecule has 2 aromatic carbocycles. The summed E-state index contributed by atoms with van der Waals surface area (Å²) in [6.45, 7) is 0. The van der Waals surface area contributed by atoms with Crippen molar-refractivity contribution < 1.29 is 9.31 Å². The molecule has 1 aromatic heterocycles. The summed E-state index contributed by atoms with van der Waals surface area (Å²) in [5.41, 5.74) is 0.138. The van der Waals surface area contributed by atoms with Crippen molar-refractivity contribution in [3.63, 3.8) is 0 Å². The van der Waals surface area contributed by atoms with Crippen LogP contribution in [0.1, 0.15) is 0 Å². The Hall–Kier alpha value is -2.78. The number of rotatable bonds is 5. The van der Waals surface area contributed by atoms with Gasteiger partial charge in [0.25, 0.3) is 0 Å². The zero-order valence-electron chi connectivity index (χ0n) is 12.9. The van der Waals surface area contributed by atoms with Gasteiger partial charge in [-0.05, 0) is 36.4 Å². The van der Waals surface area contributed by atoms with E-state index in [1.165, 1.54) is 12.1 Å². The minimum Gasteiger partial charge on any atom is -0.334 e. The van der Waals surface area contributed by atoms with Crippen molar-refractivity contribution in [3.05, 3.63) is 74.2 Å². The lowest BCUT2D eigenvalue weighted by molar-refractivity contribution is -0.383. The molecule has 0 unspecified atom stereocenters. The molecule has 132 valence electrons. The maximum Gasteiger partial charge on any atom is 0.353 e. The summed E-state index contributed by atoms with van der Waals surface area (Å²) in [4.78, 5) is 18.7. The van der Waals surface area contributed by atoms with Crippen molar-refractivity contribution in [2.45, 2.75) is 0 Å². The first-order valence-electron chi connectivity index (χ1n) is 7.18. The maximum atomic E-state index is 14.0. The lowest BCUT2D eigenvalue weighted by Gasteiger charge is -2.11. The zero-order valence-corrected chi connectivity index (χ0v) is 15.3. The summed E-state index contributed by atoms with van der Waals surface area (Å²) in [5, 5.41) is 17.5. The third-order valence-corrected chi connectivity index (χ3v) is 4.00. The molecule has 26 heavy (non-hydrogen) atoms. The number of halogens is 3. The molecule has 3 rings (SSSR count). The van der Waals surface area contributed by atoms with Crippen molar-refractivity contribution in [2.75, 3.05) is 10.6 Å². The summed E-state index contributed by atoms with van der Waals surface area (Å²) in [7, 11) is 0. The second kappa shape index (κ2) is 7.63. The molecule has 3 aromatic rings. The molecule has 0 aliphatic rings. The molecule has 0 bridgehead atoms. The van der Waals surface area contributed by atoms with Gasteiger partial charge in [-0.1, -0.05) is 33.6 Å². The molecule has 0 amide bonds. The Morgan fingerprint density at radius 2 is 1.85 bits per heavy atom. The largest absolute Gasteiger partial charge is 0.353 e. The van der Waals surface area contributed by atoms with Crippen LogP contribution >= 0.6 is 27.5 Å². The van der Waals surface area contributed by atoms with Gasteiger partial charge in [0.05, 0.1) is 10.6 Å². The van der Waals surface area contributed by atoms with E-state index in [0.717, 1.165) is 6.33 Å². The van der Waals surface area contributed by atoms with Gasteiger partial charge in [-0.2, -0.15) is 0 Å². The lowest BCUT2D eigenvalue weighted by atomic mass is 10.3. The van der Waals surface area contributed by atoms with Gasteiger partial charge in [-0.25, -0.2) is 14.4 Å². The standard InChI is InChI=1S/C16H10BrClFN5O2/c17-9-4-5-13(12(19)6-9)23-16-14(24(25)26)15(20-8-21-16)22-11-3-1-2-10(18)7-11/h1-8H,(H2,20,21,22,23). The molecule has 0 saturated heterocycles. The van der Waals surface area contributed by atoms with Gasteiger partial charge in [0.15, 0.2) is 0 Å². The Balaban J connectivity index is 1.99. The first-order chi connectivity index (χ1) is 12.4. The van der Waals surface area contributed by atoms with E-state index in [2.05, 4.69) is 36.5 Å². The normalized spacial score (nSPS) is 10.4. The molecule has 7 nitrogen and oxygen atoms in total. The van der Waals surface area contributed by atoms with E-state index in [1.54, 1.807) is 30.3 Å². The summed E-state index contributed by atoms with van der Waals surface area (Å²) in [6.07, 6.45) is 1.14. The predicted molar refractivity (Wildman–Crippen MR) is 101 cm³/mol.